The van der Waals surface area contributed by atoms with Crippen LogP contribution in [0, 0.1) is 0 Å². The maximum atomic E-state index is 11.1. The van der Waals surface area contributed by atoms with Gasteiger partial charge in [-0.25, -0.2) is 9.48 Å². The Bertz CT molecular complexity index is 621. The van der Waals surface area contributed by atoms with Gasteiger partial charge in [0.1, 0.15) is 5.69 Å². The molecule has 0 saturated carbocycles. The number of carbonyl (C=O) groups is 1. The predicted molar refractivity (Wildman–Crippen MR) is 66.5 cm³/mol. The van der Waals surface area contributed by atoms with Crippen molar-refractivity contribution in [2.24, 2.45) is 7.05 Å². The second-order valence-corrected chi connectivity index (χ2v) is 3.79. The van der Waals surface area contributed by atoms with Crippen molar-refractivity contribution in [3.8, 4) is 22.8 Å². The highest BCUT2D eigenvalue weighted by atomic mass is 16.5. The number of ether oxygens (including phenoxy) is 2. The molecule has 1 aromatic heterocycles. The highest BCUT2D eigenvalue weighted by molar-refractivity contribution is 5.92. The van der Waals surface area contributed by atoms with E-state index in [0.717, 1.165) is 0 Å². The van der Waals surface area contributed by atoms with Crippen LogP contribution >= 0.6 is 0 Å². The summed E-state index contributed by atoms with van der Waals surface area (Å²) in [6.07, 6.45) is 0. The molecule has 0 amide bonds. The van der Waals surface area contributed by atoms with Gasteiger partial charge in [0, 0.05) is 12.6 Å². The minimum atomic E-state index is -1.13. The fourth-order valence-corrected chi connectivity index (χ4v) is 1.81. The molecule has 0 aliphatic rings. The molecule has 0 aliphatic heterocycles. The van der Waals surface area contributed by atoms with Gasteiger partial charge in [-0.3, -0.25) is 0 Å². The van der Waals surface area contributed by atoms with Crippen LogP contribution in [0.5, 0.6) is 11.5 Å². The number of carboxylic acids is 1. The Kier molecular flexibility index (Phi) is 3.37. The lowest BCUT2D eigenvalue weighted by molar-refractivity contribution is 0.0691. The van der Waals surface area contributed by atoms with Crippen LogP contribution < -0.4 is 9.47 Å². The summed E-state index contributed by atoms with van der Waals surface area (Å²) in [6.45, 7) is 0. The lowest BCUT2D eigenvalue weighted by Crippen LogP contribution is -2.02. The van der Waals surface area contributed by atoms with Crippen LogP contribution in [0.1, 0.15) is 10.5 Å². The van der Waals surface area contributed by atoms with Gasteiger partial charge in [-0.1, -0.05) is 5.21 Å². The number of aryl methyl sites for hydroxylation is 1. The molecule has 7 heteroatoms. The summed E-state index contributed by atoms with van der Waals surface area (Å²) in [5.41, 5.74) is 0.950. The lowest BCUT2D eigenvalue weighted by Gasteiger charge is -2.09. The van der Waals surface area contributed by atoms with Gasteiger partial charge in [-0.05, 0) is 18.2 Å². The van der Waals surface area contributed by atoms with Crippen molar-refractivity contribution in [2.75, 3.05) is 14.2 Å². The molecule has 0 spiro atoms. The van der Waals surface area contributed by atoms with Crippen molar-refractivity contribution < 1.29 is 19.4 Å². The van der Waals surface area contributed by atoms with Crippen molar-refractivity contribution in [2.45, 2.75) is 0 Å². The van der Waals surface area contributed by atoms with Crippen LogP contribution in [0.2, 0.25) is 0 Å². The Hall–Kier alpha value is -2.57. The molecule has 1 heterocycles. The summed E-state index contributed by atoms with van der Waals surface area (Å²) >= 11 is 0. The molecule has 0 radical (unpaired) electrons. The molecule has 0 aliphatic carbocycles. The first kappa shape index (κ1) is 12.9. The molecule has 7 nitrogen and oxygen atoms in total. The quantitative estimate of drug-likeness (QED) is 0.891. The maximum absolute atomic E-state index is 11.1. The Morgan fingerprint density at radius 1 is 1.26 bits per heavy atom. The number of benzene rings is 1. The van der Waals surface area contributed by atoms with Gasteiger partial charge in [0.15, 0.2) is 17.2 Å². The summed E-state index contributed by atoms with van der Waals surface area (Å²) < 4.78 is 11.7. The van der Waals surface area contributed by atoms with Gasteiger partial charge in [-0.15, -0.1) is 5.10 Å². The molecule has 0 saturated heterocycles. The Morgan fingerprint density at radius 2 is 1.95 bits per heavy atom. The van der Waals surface area contributed by atoms with E-state index >= 15 is 0 Å². The number of carboxylic acid groups (broad SMARTS) is 1. The van der Waals surface area contributed by atoms with Crippen molar-refractivity contribution >= 4 is 5.97 Å². The van der Waals surface area contributed by atoms with Crippen LogP contribution in [0.25, 0.3) is 11.3 Å². The third-order valence-electron chi connectivity index (χ3n) is 2.69. The van der Waals surface area contributed by atoms with Crippen LogP contribution in [-0.2, 0) is 7.05 Å². The van der Waals surface area contributed by atoms with Gasteiger partial charge in [0.2, 0.25) is 0 Å². The van der Waals surface area contributed by atoms with Gasteiger partial charge >= 0.3 is 5.97 Å². The molecule has 0 bridgehead atoms. The molecule has 100 valence electrons. The monoisotopic (exact) mass is 263 g/mol. The molecule has 0 atom stereocenters. The van der Waals surface area contributed by atoms with E-state index in [1.807, 2.05) is 0 Å². The smallest absolute Gasteiger partial charge is 0.358 e. The van der Waals surface area contributed by atoms with Gasteiger partial charge < -0.3 is 14.6 Å². The first-order valence-electron chi connectivity index (χ1n) is 5.43. The van der Waals surface area contributed by atoms with Crippen LogP contribution in [0.4, 0.5) is 0 Å². The third-order valence-corrected chi connectivity index (χ3v) is 2.69. The van der Waals surface area contributed by atoms with E-state index in [1.54, 1.807) is 25.2 Å². The van der Waals surface area contributed by atoms with E-state index in [4.69, 9.17) is 14.6 Å². The molecule has 1 N–H and O–H groups in total. The molecular weight excluding hydrogens is 250 g/mol. The van der Waals surface area contributed by atoms with E-state index in [2.05, 4.69) is 10.3 Å². The SMILES string of the molecule is COc1ccc(-c2c(C(=O)O)nnn2C)cc1OC. The van der Waals surface area contributed by atoms with Crippen molar-refractivity contribution in [1.82, 2.24) is 15.0 Å². The van der Waals surface area contributed by atoms with E-state index in [1.165, 1.54) is 18.9 Å². The minimum absolute atomic E-state index is 0.102. The fraction of sp³-hybridized carbons (Fsp3) is 0.250. The zero-order valence-electron chi connectivity index (χ0n) is 10.7. The first-order valence-corrected chi connectivity index (χ1v) is 5.43. The number of nitrogens with zero attached hydrogens (tertiary/aromatic N) is 3. The summed E-state index contributed by atoms with van der Waals surface area (Å²) in [5, 5.41) is 16.5. The van der Waals surface area contributed by atoms with Crippen LogP contribution in [-0.4, -0.2) is 40.3 Å². The zero-order valence-corrected chi connectivity index (χ0v) is 10.7. The van der Waals surface area contributed by atoms with E-state index in [-0.39, 0.29) is 5.69 Å². The molecular formula is C12H13N3O4. The molecule has 0 unspecified atom stereocenters. The number of hydrogen-bond donors (Lipinski definition) is 1. The summed E-state index contributed by atoms with van der Waals surface area (Å²) in [6, 6.07) is 5.11. The molecule has 2 rings (SSSR count). The van der Waals surface area contributed by atoms with Crippen molar-refractivity contribution in [3.63, 3.8) is 0 Å². The molecule has 0 fully saturated rings. The Labute approximate surface area is 109 Å². The first-order chi connectivity index (χ1) is 9.08. The highest BCUT2D eigenvalue weighted by Gasteiger charge is 2.20. The Balaban J connectivity index is 2.59. The van der Waals surface area contributed by atoms with E-state index in [0.29, 0.717) is 22.8 Å². The second kappa shape index (κ2) is 4.97. The normalized spacial score (nSPS) is 10.3. The van der Waals surface area contributed by atoms with Crippen molar-refractivity contribution in [1.29, 1.82) is 0 Å². The average Bonchev–Trinajstić information content (AvgIpc) is 2.80. The summed E-state index contributed by atoms with van der Waals surface area (Å²) in [7, 11) is 4.68. The largest absolute Gasteiger partial charge is 0.493 e. The molecule has 2 aromatic rings. The average molecular weight is 263 g/mol. The summed E-state index contributed by atoms with van der Waals surface area (Å²) in [5.74, 6) is -0.0475. The van der Waals surface area contributed by atoms with E-state index < -0.39 is 5.97 Å². The summed E-state index contributed by atoms with van der Waals surface area (Å²) in [4.78, 5) is 11.1. The highest BCUT2D eigenvalue weighted by Crippen LogP contribution is 2.32. The fourth-order valence-electron chi connectivity index (χ4n) is 1.81. The standard InChI is InChI=1S/C12H13N3O4/c1-15-11(10(12(16)17)13-14-15)7-4-5-8(18-2)9(6-7)19-3/h4-6H,1-3H3,(H,16,17). The van der Waals surface area contributed by atoms with Gasteiger partial charge in [0.05, 0.1) is 14.2 Å². The zero-order chi connectivity index (χ0) is 14.0. The molecule has 1 aromatic carbocycles. The van der Waals surface area contributed by atoms with Crippen LogP contribution in [0.15, 0.2) is 18.2 Å². The van der Waals surface area contributed by atoms with Crippen molar-refractivity contribution in [3.05, 3.63) is 23.9 Å². The number of hydrogen-bond acceptors (Lipinski definition) is 5. The number of methoxy groups -OCH3 is 2. The minimum Gasteiger partial charge on any atom is -0.493 e. The molecule has 19 heavy (non-hydrogen) atoms. The maximum Gasteiger partial charge on any atom is 0.358 e. The predicted octanol–water partition coefficient (Wildman–Crippen LogP) is 1.20. The number of aromatic carboxylic acids is 1. The second-order valence-electron chi connectivity index (χ2n) is 3.79. The lowest BCUT2D eigenvalue weighted by atomic mass is 10.1. The number of aromatic nitrogens is 3. The van der Waals surface area contributed by atoms with Gasteiger partial charge in [0.25, 0.3) is 0 Å². The third kappa shape index (κ3) is 2.22. The van der Waals surface area contributed by atoms with Crippen LogP contribution in [0.3, 0.4) is 0 Å². The topological polar surface area (TPSA) is 86.5 Å². The Morgan fingerprint density at radius 3 is 2.53 bits per heavy atom. The number of rotatable bonds is 4. The van der Waals surface area contributed by atoms with E-state index in [9.17, 15) is 4.79 Å². The van der Waals surface area contributed by atoms with Gasteiger partial charge in [-0.2, -0.15) is 0 Å².